The van der Waals surface area contributed by atoms with Crippen molar-refractivity contribution in [2.75, 3.05) is 19.7 Å². The van der Waals surface area contributed by atoms with Crippen molar-refractivity contribution in [3.63, 3.8) is 0 Å². The van der Waals surface area contributed by atoms with Gasteiger partial charge in [-0.25, -0.2) is 14.3 Å². The van der Waals surface area contributed by atoms with E-state index in [1.807, 2.05) is 23.2 Å². The van der Waals surface area contributed by atoms with Crippen LogP contribution in [0.15, 0.2) is 0 Å². The summed E-state index contributed by atoms with van der Waals surface area (Å²) >= 11 is 0. The molecule has 1 atom stereocenters. The summed E-state index contributed by atoms with van der Waals surface area (Å²) in [5.41, 5.74) is 0. The monoisotopic (exact) mass is 318 g/mol. The second-order valence-corrected chi connectivity index (χ2v) is 6.39. The summed E-state index contributed by atoms with van der Waals surface area (Å²) in [4.78, 5) is 6.71. The first-order valence-corrected chi connectivity index (χ1v) is 8.18. The molecule has 2 aromatic rings. The lowest BCUT2D eigenvalue weighted by Gasteiger charge is -2.32. The maximum absolute atomic E-state index is 5.90. The molecule has 1 aliphatic heterocycles. The van der Waals surface area contributed by atoms with Crippen LogP contribution in [0.2, 0.25) is 0 Å². The van der Waals surface area contributed by atoms with Gasteiger partial charge in [0.1, 0.15) is 11.6 Å². The van der Waals surface area contributed by atoms with Crippen LogP contribution in [0.3, 0.4) is 0 Å². The van der Waals surface area contributed by atoms with Crippen LogP contribution in [0, 0.1) is 13.8 Å². The predicted octanol–water partition coefficient (Wildman–Crippen LogP) is 0.117. The zero-order valence-corrected chi connectivity index (χ0v) is 13.6. The van der Waals surface area contributed by atoms with E-state index in [1.165, 1.54) is 12.8 Å². The lowest BCUT2D eigenvalue weighted by molar-refractivity contribution is -0.0415. The quantitative estimate of drug-likeness (QED) is 0.773. The fourth-order valence-corrected chi connectivity index (χ4v) is 3.08. The molecule has 1 saturated heterocycles. The van der Waals surface area contributed by atoms with Crippen LogP contribution in [0.1, 0.15) is 36.4 Å². The highest BCUT2D eigenvalue weighted by molar-refractivity contribution is 4.92. The zero-order valence-electron chi connectivity index (χ0n) is 13.6. The Kier molecular flexibility index (Phi) is 3.82. The summed E-state index contributed by atoms with van der Waals surface area (Å²) in [5, 5.41) is 16.6. The number of aromatic nitrogens is 7. The summed E-state index contributed by atoms with van der Waals surface area (Å²) in [6.45, 7) is 7.89. The molecular weight excluding hydrogens is 296 g/mol. The van der Waals surface area contributed by atoms with Crippen molar-refractivity contribution in [3.05, 3.63) is 17.5 Å². The van der Waals surface area contributed by atoms with E-state index in [-0.39, 0.29) is 6.10 Å². The van der Waals surface area contributed by atoms with Gasteiger partial charge in [0.2, 0.25) is 0 Å². The van der Waals surface area contributed by atoms with E-state index in [2.05, 4.69) is 30.5 Å². The number of nitrogens with zero attached hydrogens (tertiary/aromatic N) is 8. The average molecular weight is 318 g/mol. The third-order valence-electron chi connectivity index (χ3n) is 4.38. The van der Waals surface area contributed by atoms with Gasteiger partial charge in [-0.05, 0) is 37.1 Å². The van der Waals surface area contributed by atoms with E-state index >= 15 is 0 Å². The minimum Gasteiger partial charge on any atom is -0.374 e. The van der Waals surface area contributed by atoms with Crippen molar-refractivity contribution in [2.45, 2.75) is 51.9 Å². The number of morpholine rings is 1. The summed E-state index contributed by atoms with van der Waals surface area (Å²) < 4.78 is 9.81. The molecular formula is C14H22N8O. The van der Waals surface area contributed by atoms with E-state index in [0.29, 0.717) is 6.04 Å². The van der Waals surface area contributed by atoms with Crippen LogP contribution in [-0.4, -0.2) is 65.7 Å². The Bertz CT molecular complexity index is 676. The van der Waals surface area contributed by atoms with Gasteiger partial charge < -0.3 is 4.74 Å². The van der Waals surface area contributed by atoms with Crippen LogP contribution in [0.4, 0.5) is 0 Å². The highest BCUT2D eigenvalue weighted by Gasteiger charge is 2.29. The first-order valence-electron chi connectivity index (χ1n) is 8.18. The molecule has 0 unspecified atom stereocenters. The molecule has 1 saturated carbocycles. The van der Waals surface area contributed by atoms with Crippen molar-refractivity contribution >= 4 is 0 Å². The zero-order chi connectivity index (χ0) is 15.8. The van der Waals surface area contributed by atoms with E-state index < -0.39 is 0 Å². The number of tetrazole rings is 1. The Morgan fingerprint density at radius 2 is 2.13 bits per heavy atom. The highest BCUT2D eigenvalue weighted by Crippen LogP contribution is 2.34. The standard InChI is InChI=1S/C14H22N8O/c1-10-15-11(2)21(17-10)8-13-7-20(5-6-23-13)9-14-16-18-19-22(14)12-3-4-12/h12-13H,3-9H2,1-2H3/t13-/m0/s1. The van der Waals surface area contributed by atoms with E-state index in [4.69, 9.17) is 4.74 Å². The highest BCUT2D eigenvalue weighted by atomic mass is 16.5. The van der Waals surface area contributed by atoms with E-state index in [1.54, 1.807) is 0 Å². The molecule has 0 amide bonds. The molecule has 4 rings (SSSR count). The van der Waals surface area contributed by atoms with Gasteiger partial charge in [0, 0.05) is 13.1 Å². The molecule has 0 N–H and O–H groups in total. The fourth-order valence-electron chi connectivity index (χ4n) is 3.08. The molecule has 124 valence electrons. The third kappa shape index (κ3) is 3.25. The summed E-state index contributed by atoms with van der Waals surface area (Å²) in [7, 11) is 0. The topological polar surface area (TPSA) is 86.8 Å². The third-order valence-corrected chi connectivity index (χ3v) is 4.38. The summed E-state index contributed by atoms with van der Waals surface area (Å²) in [6.07, 6.45) is 2.50. The Morgan fingerprint density at radius 3 is 2.87 bits per heavy atom. The van der Waals surface area contributed by atoms with Gasteiger partial charge in [0.25, 0.3) is 0 Å². The van der Waals surface area contributed by atoms with Gasteiger partial charge in [-0.1, -0.05) is 0 Å². The lowest BCUT2D eigenvalue weighted by Crippen LogP contribution is -2.44. The van der Waals surface area contributed by atoms with E-state index in [0.717, 1.165) is 50.3 Å². The molecule has 0 aromatic carbocycles. The number of hydrogen-bond acceptors (Lipinski definition) is 7. The molecule has 0 bridgehead atoms. The molecule has 9 heteroatoms. The summed E-state index contributed by atoms with van der Waals surface area (Å²) in [5.74, 6) is 2.70. The normalized spacial score (nSPS) is 22.6. The van der Waals surface area contributed by atoms with Crippen LogP contribution >= 0.6 is 0 Å². The van der Waals surface area contributed by atoms with Crippen LogP contribution in [0.5, 0.6) is 0 Å². The first kappa shape index (κ1) is 14.7. The Morgan fingerprint density at radius 1 is 1.26 bits per heavy atom. The Labute approximate surface area is 134 Å². The van der Waals surface area contributed by atoms with Crippen molar-refractivity contribution in [3.8, 4) is 0 Å². The van der Waals surface area contributed by atoms with Gasteiger partial charge in [-0.3, -0.25) is 4.90 Å². The van der Waals surface area contributed by atoms with Gasteiger partial charge >= 0.3 is 0 Å². The van der Waals surface area contributed by atoms with E-state index in [9.17, 15) is 0 Å². The molecule has 23 heavy (non-hydrogen) atoms. The van der Waals surface area contributed by atoms with Crippen molar-refractivity contribution in [1.29, 1.82) is 0 Å². The Hall–Kier alpha value is -1.87. The molecule has 9 nitrogen and oxygen atoms in total. The van der Waals surface area contributed by atoms with Gasteiger partial charge in [0.05, 0.1) is 31.8 Å². The molecule has 1 aliphatic carbocycles. The fraction of sp³-hybridized carbons (Fsp3) is 0.786. The molecule has 2 fully saturated rings. The molecule has 3 heterocycles. The van der Waals surface area contributed by atoms with Crippen LogP contribution in [0.25, 0.3) is 0 Å². The smallest absolute Gasteiger partial charge is 0.165 e. The van der Waals surface area contributed by atoms with Crippen molar-refractivity contribution < 1.29 is 4.74 Å². The van der Waals surface area contributed by atoms with Crippen molar-refractivity contribution in [1.82, 2.24) is 39.9 Å². The van der Waals surface area contributed by atoms with Crippen LogP contribution in [-0.2, 0) is 17.8 Å². The lowest BCUT2D eigenvalue weighted by atomic mass is 10.2. The largest absolute Gasteiger partial charge is 0.374 e. The van der Waals surface area contributed by atoms with Crippen molar-refractivity contribution in [2.24, 2.45) is 0 Å². The molecule has 2 aliphatic rings. The van der Waals surface area contributed by atoms with Crippen LogP contribution < -0.4 is 0 Å². The number of hydrogen-bond donors (Lipinski definition) is 0. The van der Waals surface area contributed by atoms with Gasteiger partial charge in [0.15, 0.2) is 5.82 Å². The SMILES string of the molecule is Cc1nc(C)n(C[C@@H]2CN(Cc3nnnn3C3CC3)CCO2)n1. The second-order valence-electron chi connectivity index (χ2n) is 6.39. The summed E-state index contributed by atoms with van der Waals surface area (Å²) in [6, 6.07) is 0.512. The molecule has 0 radical (unpaired) electrons. The maximum Gasteiger partial charge on any atom is 0.165 e. The molecule has 2 aromatic heterocycles. The number of ether oxygens (including phenoxy) is 1. The minimum atomic E-state index is 0.119. The number of aryl methyl sites for hydroxylation is 2. The van der Waals surface area contributed by atoms with Gasteiger partial charge in [-0.15, -0.1) is 5.10 Å². The molecule has 0 spiro atoms. The minimum absolute atomic E-state index is 0.119. The van der Waals surface area contributed by atoms with Gasteiger partial charge in [-0.2, -0.15) is 5.10 Å². The maximum atomic E-state index is 5.90. The Balaban J connectivity index is 1.38. The first-order chi connectivity index (χ1) is 11.2. The average Bonchev–Trinajstić information content (AvgIpc) is 3.18. The number of rotatable bonds is 5. The predicted molar refractivity (Wildman–Crippen MR) is 80.6 cm³/mol. The second kappa shape index (κ2) is 5.97.